The van der Waals surface area contributed by atoms with E-state index in [9.17, 15) is 14.0 Å². The normalized spacial score (nSPS) is 10.6. The average Bonchev–Trinajstić information content (AvgIpc) is 3.35. The molecule has 0 saturated heterocycles. The van der Waals surface area contributed by atoms with Crippen LogP contribution in [0.2, 0.25) is 0 Å². The number of carbonyl (C=O) groups excluding carboxylic acids is 2. The number of nitrogens with one attached hydrogen (secondary N) is 1. The summed E-state index contributed by atoms with van der Waals surface area (Å²) < 4.78 is 25.5. The number of thioether (sulfide) groups is 1. The number of halogens is 1. The maximum atomic E-state index is 13.2. The van der Waals surface area contributed by atoms with E-state index in [4.69, 9.17) is 9.47 Å². The summed E-state index contributed by atoms with van der Waals surface area (Å²) in [4.78, 5) is 24.1. The second kappa shape index (κ2) is 10.2. The van der Waals surface area contributed by atoms with Crippen LogP contribution in [0.1, 0.15) is 24.3 Å². The van der Waals surface area contributed by atoms with E-state index in [2.05, 4.69) is 20.6 Å². The highest BCUT2D eigenvalue weighted by atomic mass is 32.2. The summed E-state index contributed by atoms with van der Waals surface area (Å²) in [5.74, 6) is -0.872. The van der Waals surface area contributed by atoms with Gasteiger partial charge >= 0.3 is 5.97 Å². The Kier molecular flexibility index (Phi) is 7.36. The summed E-state index contributed by atoms with van der Waals surface area (Å²) in [6.07, 6.45) is 1.55. The number of rotatable bonds is 9. The molecule has 0 aliphatic carbocycles. The molecular formula is C18H18FN5O4S2. The number of anilines is 1. The summed E-state index contributed by atoms with van der Waals surface area (Å²) in [6, 6.07) is 5.68. The molecule has 2 heterocycles. The van der Waals surface area contributed by atoms with Crippen LogP contribution in [0.4, 0.5) is 9.52 Å². The minimum atomic E-state index is -0.530. The molecule has 158 valence electrons. The number of esters is 1. The maximum Gasteiger partial charge on any atom is 0.316 e. The first kappa shape index (κ1) is 21.7. The predicted octanol–water partition coefficient (Wildman–Crippen LogP) is 3.17. The van der Waals surface area contributed by atoms with Gasteiger partial charge in [-0.15, -0.1) is 10.2 Å². The summed E-state index contributed by atoms with van der Waals surface area (Å²) in [5.41, 5.74) is 0.627. The van der Waals surface area contributed by atoms with Crippen LogP contribution in [0.15, 0.2) is 34.8 Å². The molecule has 0 saturated carbocycles. The largest absolute Gasteiger partial charge is 0.490 e. The number of hydrogen-bond donors (Lipinski definition) is 1. The third-order valence-corrected chi connectivity index (χ3v) is 5.48. The van der Waals surface area contributed by atoms with Crippen LogP contribution in [-0.2, 0) is 9.53 Å². The molecule has 0 aliphatic heterocycles. The lowest BCUT2D eigenvalue weighted by molar-refractivity contribution is -0.139. The van der Waals surface area contributed by atoms with Crippen molar-refractivity contribution in [2.45, 2.75) is 18.2 Å². The van der Waals surface area contributed by atoms with Gasteiger partial charge in [0.1, 0.15) is 5.82 Å². The Morgan fingerprint density at radius 2 is 1.97 bits per heavy atom. The molecule has 0 unspecified atom stereocenters. The smallest absolute Gasteiger partial charge is 0.316 e. The first-order chi connectivity index (χ1) is 14.5. The van der Waals surface area contributed by atoms with E-state index in [0.29, 0.717) is 23.2 Å². The lowest BCUT2D eigenvalue weighted by Gasteiger charge is -2.02. The van der Waals surface area contributed by atoms with Crippen molar-refractivity contribution in [1.82, 2.24) is 20.0 Å². The Hall–Kier alpha value is -2.99. The predicted molar refractivity (Wildman–Crippen MR) is 110 cm³/mol. The van der Waals surface area contributed by atoms with Crippen LogP contribution in [0.5, 0.6) is 5.75 Å². The molecule has 9 nitrogen and oxygen atoms in total. The van der Waals surface area contributed by atoms with Gasteiger partial charge in [-0.1, -0.05) is 23.1 Å². The van der Waals surface area contributed by atoms with Gasteiger partial charge in [-0.2, -0.15) is 5.10 Å². The van der Waals surface area contributed by atoms with Crippen molar-refractivity contribution in [3.63, 3.8) is 0 Å². The summed E-state index contributed by atoms with van der Waals surface area (Å²) in [6.45, 7) is 4.16. The van der Waals surface area contributed by atoms with Crippen LogP contribution in [0.3, 0.4) is 0 Å². The Morgan fingerprint density at radius 1 is 1.20 bits per heavy atom. The number of aromatic nitrogens is 4. The molecule has 1 N–H and O–H groups in total. The molecule has 30 heavy (non-hydrogen) atoms. The zero-order valence-corrected chi connectivity index (χ0v) is 17.8. The molecule has 0 atom stereocenters. The van der Waals surface area contributed by atoms with E-state index in [1.807, 2.05) is 0 Å². The monoisotopic (exact) mass is 451 g/mol. The lowest BCUT2D eigenvalue weighted by atomic mass is 10.3. The summed E-state index contributed by atoms with van der Waals surface area (Å²) in [5, 5.41) is 15.0. The highest BCUT2D eigenvalue weighted by Gasteiger charge is 2.21. The fourth-order valence-corrected chi connectivity index (χ4v) is 3.85. The van der Waals surface area contributed by atoms with Crippen LogP contribution in [0, 0.1) is 5.82 Å². The second-order valence-electron chi connectivity index (χ2n) is 5.62. The topological polar surface area (TPSA) is 108 Å². The minimum absolute atomic E-state index is 0.0529. The molecule has 3 aromatic rings. The number of benzene rings is 1. The van der Waals surface area contributed by atoms with Crippen LogP contribution in [0.25, 0.3) is 5.69 Å². The Bertz CT molecular complexity index is 1020. The van der Waals surface area contributed by atoms with Crippen molar-refractivity contribution in [2.24, 2.45) is 0 Å². The molecule has 0 fully saturated rings. The van der Waals surface area contributed by atoms with E-state index >= 15 is 0 Å². The maximum absolute atomic E-state index is 13.2. The molecule has 0 bridgehead atoms. The average molecular weight is 452 g/mol. The van der Waals surface area contributed by atoms with Gasteiger partial charge in [0.05, 0.1) is 30.9 Å². The van der Waals surface area contributed by atoms with Crippen molar-refractivity contribution in [3.8, 4) is 11.4 Å². The van der Waals surface area contributed by atoms with Crippen molar-refractivity contribution >= 4 is 40.1 Å². The molecular weight excluding hydrogens is 433 g/mol. The molecule has 0 radical (unpaired) electrons. The summed E-state index contributed by atoms with van der Waals surface area (Å²) in [7, 11) is 0. The number of amides is 1. The SMILES string of the molecule is CCOC(=O)CSc1nnc(NC(=O)c2nn(-c3ccc(F)cc3)cc2OCC)s1. The molecule has 1 aromatic carbocycles. The van der Waals surface area contributed by atoms with Crippen molar-refractivity contribution in [2.75, 3.05) is 24.3 Å². The quantitative estimate of drug-likeness (QED) is 0.300. The zero-order valence-electron chi connectivity index (χ0n) is 16.1. The lowest BCUT2D eigenvalue weighted by Crippen LogP contribution is -2.14. The van der Waals surface area contributed by atoms with Crippen molar-refractivity contribution in [3.05, 3.63) is 42.0 Å². The van der Waals surface area contributed by atoms with Gasteiger partial charge in [0.25, 0.3) is 5.91 Å². The minimum Gasteiger partial charge on any atom is -0.490 e. The Balaban J connectivity index is 1.71. The number of nitrogens with zero attached hydrogens (tertiary/aromatic N) is 4. The number of hydrogen-bond acceptors (Lipinski definition) is 9. The highest BCUT2D eigenvalue weighted by Crippen LogP contribution is 2.27. The first-order valence-corrected chi connectivity index (χ1v) is 10.7. The molecule has 0 spiro atoms. The van der Waals surface area contributed by atoms with Gasteiger partial charge in [0.2, 0.25) is 5.13 Å². The van der Waals surface area contributed by atoms with Crippen molar-refractivity contribution < 1.29 is 23.5 Å². The van der Waals surface area contributed by atoms with Gasteiger partial charge in [-0.3, -0.25) is 14.9 Å². The van der Waals surface area contributed by atoms with Gasteiger partial charge in [-0.05, 0) is 38.1 Å². The molecule has 1 amide bonds. The van der Waals surface area contributed by atoms with E-state index < -0.39 is 5.91 Å². The fourth-order valence-electron chi connectivity index (χ4n) is 2.30. The van der Waals surface area contributed by atoms with E-state index in [1.165, 1.54) is 40.7 Å². The molecule has 3 rings (SSSR count). The summed E-state index contributed by atoms with van der Waals surface area (Å²) >= 11 is 2.29. The zero-order chi connectivity index (χ0) is 21.5. The molecule has 2 aromatic heterocycles. The number of carbonyl (C=O) groups is 2. The van der Waals surface area contributed by atoms with Crippen LogP contribution >= 0.6 is 23.1 Å². The third-order valence-electron chi connectivity index (χ3n) is 3.53. The van der Waals surface area contributed by atoms with Crippen LogP contribution in [-0.4, -0.2) is 50.8 Å². The Labute approximate surface area is 179 Å². The second-order valence-corrected chi connectivity index (χ2v) is 7.82. The fraction of sp³-hybridized carbons (Fsp3) is 0.278. The van der Waals surface area contributed by atoms with Gasteiger partial charge in [-0.25, -0.2) is 9.07 Å². The third kappa shape index (κ3) is 5.54. The van der Waals surface area contributed by atoms with Gasteiger partial charge in [0, 0.05) is 0 Å². The van der Waals surface area contributed by atoms with Crippen LogP contribution < -0.4 is 10.1 Å². The number of ether oxygens (including phenoxy) is 2. The molecule has 0 aliphatic rings. The van der Waals surface area contributed by atoms with Gasteiger partial charge in [0.15, 0.2) is 15.8 Å². The highest BCUT2D eigenvalue weighted by molar-refractivity contribution is 8.01. The first-order valence-electron chi connectivity index (χ1n) is 8.91. The van der Waals surface area contributed by atoms with E-state index in [-0.39, 0.29) is 34.1 Å². The van der Waals surface area contributed by atoms with Gasteiger partial charge < -0.3 is 9.47 Å². The molecule has 12 heteroatoms. The van der Waals surface area contributed by atoms with Crippen molar-refractivity contribution in [1.29, 1.82) is 0 Å². The Morgan fingerprint density at radius 3 is 2.67 bits per heavy atom. The standard InChI is InChI=1S/C18H18FN5O4S2/c1-3-27-13-9-24(12-7-5-11(19)6-8-12)23-15(13)16(26)20-17-21-22-18(30-17)29-10-14(25)28-4-2/h5-9H,3-4,10H2,1-2H3,(H,20,21,26). The van der Waals surface area contributed by atoms with E-state index in [0.717, 1.165) is 11.3 Å². The van der Waals surface area contributed by atoms with E-state index in [1.54, 1.807) is 20.0 Å².